The molecular weight excluding hydrogens is 331 g/mol. The van der Waals surface area contributed by atoms with Gasteiger partial charge in [-0.15, -0.1) is 0 Å². The van der Waals surface area contributed by atoms with Crippen LogP contribution in [-0.4, -0.2) is 11.6 Å². The van der Waals surface area contributed by atoms with E-state index in [1.807, 2.05) is 13.1 Å². The normalized spacial score (nSPS) is 11.2. The van der Waals surface area contributed by atoms with Crippen LogP contribution < -0.4 is 5.32 Å². The van der Waals surface area contributed by atoms with Crippen molar-refractivity contribution < 1.29 is 4.39 Å². The number of rotatable bonds is 4. The molecule has 1 heterocycles. The number of nitrogens with one attached hydrogen (secondary N) is 1. The molecule has 0 fully saturated rings. The van der Waals surface area contributed by atoms with E-state index in [2.05, 4.69) is 56.3 Å². The molecule has 108 valence electrons. The minimum absolute atomic E-state index is 0.223. The standard InChI is InChI=1S/C17H16BrFN2/c1-20-10-12-2-3-13-6-7-21(17(13)8-12)11-14-4-5-15(19)9-16(14)18/h2-9,20H,10-11H2,1H3. The summed E-state index contributed by atoms with van der Waals surface area (Å²) in [6.07, 6.45) is 2.07. The van der Waals surface area contributed by atoms with Crippen molar-refractivity contribution in [2.75, 3.05) is 7.05 Å². The molecule has 3 aromatic rings. The van der Waals surface area contributed by atoms with Crippen LogP contribution in [0.5, 0.6) is 0 Å². The molecule has 0 bridgehead atoms. The van der Waals surface area contributed by atoms with E-state index in [1.54, 1.807) is 0 Å². The molecule has 0 amide bonds. The molecule has 21 heavy (non-hydrogen) atoms. The maximum Gasteiger partial charge on any atom is 0.124 e. The summed E-state index contributed by atoms with van der Waals surface area (Å²) in [5.41, 5.74) is 3.51. The second-order valence-electron chi connectivity index (χ2n) is 5.10. The van der Waals surface area contributed by atoms with Gasteiger partial charge < -0.3 is 9.88 Å². The van der Waals surface area contributed by atoms with Gasteiger partial charge in [-0.3, -0.25) is 0 Å². The molecule has 1 N–H and O–H groups in total. The number of nitrogens with zero attached hydrogens (tertiary/aromatic N) is 1. The number of fused-ring (bicyclic) bond motifs is 1. The highest BCUT2D eigenvalue weighted by Crippen LogP contribution is 2.23. The molecular formula is C17H16BrFN2. The fourth-order valence-corrected chi connectivity index (χ4v) is 2.99. The lowest BCUT2D eigenvalue weighted by Crippen LogP contribution is -2.05. The first-order valence-electron chi connectivity index (χ1n) is 6.83. The van der Waals surface area contributed by atoms with E-state index in [9.17, 15) is 4.39 Å². The van der Waals surface area contributed by atoms with Crippen LogP contribution >= 0.6 is 15.9 Å². The Morgan fingerprint density at radius 3 is 2.76 bits per heavy atom. The quantitative estimate of drug-likeness (QED) is 0.744. The third-order valence-corrected chi connectivity index (χ3v) is 4.31. The van der Waals surface area contributed by atoms with E-state index < -0.39 is 0 Å². The van der Waals surface area contributed by atoms with Crippen LogP contribution in [0.15, 0.2) is 53.1 Å². The molecule has 0 saturated carbocycles. The Kier molecular flexibility index (Phi) is 4.08. The van der Waals surface area contributed by atoms with Gasteiger partial charge in [0.2, 0.25) is 0 Å². The monoisotopic (exact) mass is 346 g/mol. The molecule has 2 nitrogen and oxygen atoms in total. The van der Waals surface area contributed by atoms with Gasteiger partial charge in [0.15, 0.2) is 0 Å². The zero-order valence-corrected chi connectivity index (χ0v) is 13.3. The topological polar surface area (TPSA) is 17.0 Å². The smallest absolute Gasteiger partial charge is 0.124 e. The van der Waals surface area contributed by atoms with Crippen LogP contribution in [0, 0.1) is 5.82 Å². The maximum atomic E-state index is 13.2. The fraction of sp³-hybridized carbons (Fsp3) is 0.176. The predicted molar refractivity (Wildman–Crippen MR) is 87.9 cm³/mol. The molecule has 4 heteroatoms. The van der Waals surface area contributed by atoms with Crippen molar-refractivity contribution in [2.45, 2.75) is 13.1 Å². The van der Waals surface area contributed by atoms with E-state index in [-0.39, 0.29) is 5.82 Å². The van der Waals surface area contributed by atoms with Crippen LogP contribution in [0.2, 0.25) is 0 Å². The van der Waals surface area contributed by atoms with E-state index in [0.29, 0.717) is 6.54 Å². The zero-order chi connectivity index (χ0) is 14.8. The Morgan fingerprint density at radius 1 is 1.14 bits per heavy atom. The molecule has 0 atom stereocenters. The molecule has 0 saturated heterocycles. The second kappa shape index (κ2) is 6.00. The van der Waals surface area contributed by atoms with E-state index in [1.165, 1.54) is 28.6 Å². The van der Waals surface area contributed by atoms with Gasteiger partial charge in [-0.05, 0) is 47.8 Å². The van der Waals surface area contributed by atoms with Crippen molar-refractivity contribution in [3.8, 4) is 0 Å². The average Bonchev–Trinajstić information content (AvgIpc) is 2.85. The summed E-state index contributed by atoms with van der Waals surface area (Å²) in [4.78, 5) is 0. The van der Waals surface area contributed by atoms with Gasteiger partial charge in [-0.2, -0.15) is 0 Å². The van der Waals surface area contributed by atoms with E-state index >= 15 is 0 Å². The van der Waals surface area contributed by atoms with Crippen LogP contribution in [0.4, 0.5) is 4.39 Å². The highest BCUT2D eigenvalue weighted by Gasteiger charge is 2.06. The molecule has 0 radical (unpaired) electrons. The van der Waals surface area contributed by atoms with Gasteiger partial charge in [0.25, 0.3) is 0 Å². The van der Waals surface area contributed by atoms with Gasteiger partial charge >= 0.3 is 0 Å². The Hall–Kier alpha value is -1.65. The average molecular weight is 347 g/mol. The molecule has 0 aliphatic rings. The minimum atomic E-state index is -0.223. The second-order valence-corrected chi connectivity index (χ2v) is 5.96. The summed E-state index contributed by atoms with van der Waals surface area (Å²) in [6.45, 7) is 1.56. The Morgan fingerprint density at radius 2 is 2.00 bits per heavy atom. The van der Waals surface area contributed by atoms with Crippen LogP contribution in [0.3, 0.4) is 0 Å². The molecule has 0 aliphatic carbocycles. The maximum absolute atomic E-state index is 13.2. The molecule has 0 spiro atoms. The number of hydrogen-bond donors (Lipinski definition) is 1. The number of hydrogen-bond acceptors (Lipinski definition) is 1. The summed E-state index contributed by atoms with van der Waals surface area (Å²) in [5.74, 6) is -0.223. The molecule has 0 unspecified atom stereocenters. The highest BCUT2D eigenvalue weighted by atomic mass is 79.9. The Labute approximate surface area is 131 Å². The zero-order valence-electron chi connectivity index (χ0n) is 11.7. The van der Waals surface area contributed by atoms with Gasteiger partial charge in [0.05, 0.1) is 0 Å². The van der Waals surface area contributed by atoms with Crippen molar-refractivity contribution in [2.24, 2.45) is 0 Å². The first-order chi connectivity index (χ1) is 10.2. The van der Waals surface area contributed by atoms with Gasteiger partial charge in [0.1, 0.15) is 5.82 Å². The summed E-state index contributed by atoms with van der Waals surface area (Å²) in [7, 11) is 1.94. The van der Waals surface area contributed by atoms with Crippen LogP contribution in [0.25, 0.3) is 10.9 Å². The van der Waals surface area contributed by atoms with Crippen molar-refractivity contribution in [1.82, 2.24) is 9.88 Å². The lowest BCUT2D eigenvalue weighted by atomic mass is 10.1. The summed E-state index contributed by atoms with van der Waals surface area (Å²) >= 11 is 3.43. The SMILES string of the molecule is CNCc1ccc2ccn(Cc3ccc(F)cc3Br)c2c1. The summed E-state index contributed by atoms with van der Waals surface area (Å²) in [5, 5.41) is 4.38. The molecule has 2 aromatic carbocycles. The molecule has 3 rings (SSSR count). The largest absolute Gasteiger partial charge is 0.343 e. The van der Waals surface area contributed by atoms with Crippen LogP contribution in [0.1, 0.15) is 11.1 Å². The summed E-state index contributed by atoms with van der Waals surface area (Å²) < 4.78 is 16.2. The number of halogens is 2. The summed E-state index contributed by atoms with van der Waals surface area (Å²) in [6, 6.07) is 13.4. The van der Waals surface area contributed by atoms with Crippen molar-refractivity contribution >= 4 is 26.8 Å². The van der Waals surface area contributed by atoms with Gasteiger partial charge in [-0.25, -0.2) is 4.39 Å². The third-order valence-electron chi connectivity index (χ3n) is 3.58. The van der Waals surface area contributed by atoms with Crippen molar-refractivity contribution in [3.05, 3.63) is 70.1 Å². The van der Waals surface area contributed by atoms with E-state index in [0.717, 1.165) is 16.6 Å². The number of benzene rings is 2. The Balaban J connectivity index is 1.98. The fourth-order valence-electron chi connectivity index (χ4n) is 2.51. The van der Waals surface area contributed by atoms with E-state index in [4.69, 9.17) is 0 Å². The third kappa shape index (κ3) is 3.01. The van der Waals surface area contributed by atoms with Crippen molar-refractivity contribution in [3.63, 3.8) is 0 Å². The minimum Gasteiger partial charge on any atom is -0.343 e. The van der Waals surface area contributed by atoms with Gasteiger partial charge in [-0.1, -0.05) is 34.1 Å². The predicted octanol–water partition coefficient (Wildman–Crippen LogP) is 4.31. The lowest BCUT2D eigenvalue weighted by molar-refractivity contribution is 0.625. The molecule has 0 aliphatic heterocycles. The van der Waals surface area contributed by atoms with Crippen molar-refractivity contribution in [1.29, 1.82) is 0 Å². The lowest BCUT2D eigenvalue weighted by Gasteiger charge is -2.09. The first-order valence-corrected chi connectivity index (χ1v) is 7.63. The highest BCUT2D eigenvalue weighted by molar-refractivity contribution is 9.10. The molecule has 1 aromatic heterocycles. The Bertz CT molecular complexity index is 780. The van der Waals surface area contributed by atoms with Gasteiger partial charge in [0, 0.05) is 29.3 Å². The van der Waals surface area contributed by atoms with Crippen LogP contribution in [-0.2, 0) is 13.1 Å². The number of aromatic nitrogens is 1. The first kappa shape index (κ1) is 14.3.